The molecular formula is C14H10N2O2. The second-order valence-electron chi connectivity index (χ2n) is 3.86. The van der Waals surface area contributed by atoms with Crippen LogP contribution in [-0.2, 0) is 0 Å². The molecule has 0 bridgehead atoms. The molecule has 1 amide bonds. The van der Waals surface area contributed by atoms with E-state index in [4.69, 9.17) is 4.52 Å². The van der Waals surface area contributed by atoms with E-state index in [-0.39, 0.29) is 11.7 Å². The van der Waals surface area contributed by atoms with Gasteiger partial charge in [-0.2, -0.15) is 0 Å². The molecule has 1 heterocycles. The minimum atomic E-state index is -0.302. The number of anilines is 1. The topological polar surface area (TPSA) is 55.1 Å². The van der Waals surface area contributed by atoms with E-state index in [1.165, 1.54) is 12.3 Å². The number of benzene rings is 2. The van der Waals surface area contributed by atoms with Crippen LogP contribution in [0.4, 0.5) is 5.69 Å². The summed E-state index contributed by atoms with van der Waals surface area (Å²) in [6.07, 6.45) is 1.44. The molecule has 0 fully saturated rings. The molecule has 0 atom stereocenters. The molecule has 0 aliphatic rings. The number of hydrogen-bond acceptors (Lipinski definition) is 3. The lowest BCUT2D eigenvalue weighted by Crippen LogP contribution is -2.11. The number of hydrogen-bond donors (Lipinski definition) is 1. The van der Waals surface area contributed by atoms with Gasteiger partial charge in [-0.15, -0.1) is 0 Å². The van der Waals surface area contributed by atoms with Crippen LogP contribution in [0.5, 0.6) is 0 Å². The fourth-order valence-corrected chi connectivity index (χ4v) is 1.85. The number of carbonyl (C=O) groups is 1. The predicted octanol–water partition coefficient (Wildman–Crippen LogP) is 3.08. The summed E-state index contributed by atoms with van der Waals surface area (Å²) in [7, 11) is 0. The van der Waals surface area contributed by atoms with Gasteiger partial charge in [-0.1, -0.05) is 41.6 Å². The zero-order valence-corrected chi connectivity index (χ0v) is 9.46. The van der Waals surface area contributed by atoms with E-state index in [0.717, 1.165) is 16.5 Å². The quantitative estimate of drug-likeness (QED) is 0.746. The molecule has 3 rings (SSSR count). The summed E-state index contributed by atoms with van der Waals surface area (Å²) in [5, 5.41) is 8.40. The Balaban J connectivity index is 1.98. The molecule has 0 aliphatic heterocycles. The van der Waals surface area contributed by atoms with Crippen molar-refractivity contribution in [2.45, 2.75) is 0 Å². The van der Waals surface area contributed by atoms with Crippen molar-refractivity contribution in [1.82, 2.24) is 5.16 Å². The highest BCUT2D eigenvalue weighted by Crippen LogP contribution is 2.23. The molecule has 2 aromatic carbocycles. The number of nitrogens with one attached hydrogen (secondary N) is 1. The normalized spacial score (nSPS) is 10.4. The Labute approximate surface area is 103 Å². The van der Waals surface area contributed by atoms with E-state index in [1.807, 2.05) is 42.5 Å². The Morgan fingerprint density at radius 3 is 2.72 bits per heavy atom. The number of carbonyl (C=O) groups excluding carboxylic acids is 1. The first-order valence-electron chi connectivity index (χ1n) is 5.54. The van der Waals surface area contributed by atoms with Gasteiger partial charge in [0.15, 0.2) is 0 Å². The van der Waals surface area contributed by atoms with Crippen LogP contribution in [0.15, 0.2) is 59.3 Å². The second kappa shape index (κ2) is 4.33. The molecule has 0 saturated heterocycles. The Hall–Kier alpha value is -2.62. The van der Waals surface area contributed by atoms with Gasteiger partial charge in [0.1, 0.15) is 0 Å². The molecule has 0 spiro atoms. The molecule has 4 nitrogen and oxygen atoms in total. The van der Waals surface area contributed by atoms with Crippen LogP contribution in [-0.4, -0.2) is 11.1 Å². The molecule has 4 heteroatoms. The average Bonchev–Trinajstić information content (AvgIpc) is 2.93. The van der Waals surface area contributed by atoms with Gasteiger partial charge in [-0.05, 0) is 11.5 Å². The fourth-order valence-electron chi connectivity index (χ4n) is 1.85. The van der Waals surface area contributed by atoms with E-state index < -0.39 is 0 Å². The monoisotopic (exact) mass is 238 g/mol. The summed E-state index contributed by atoms with van der Waals surface area (Å²) in [6, 6.07) is 15.1. The van der Waals surface area contributed by atoms with Crippen LogP contribution in [0.3, 0.4) is 0 Å². The van der Waals surface area contributed by atoms with Crippen LogP contribution in [0, 0.1) is 0 Å². The zero-order chi connectivity index (χ0) is 12.4. The van der Waals surface area contributed by atoms with Gasteiger partial charge in [0.2, 0.25) is 5.76 Å². The van der Waals surface area contributed by atoms with Gasteiger partial charge < -0.3 is 9.84 Å². The highest BCUT2D eigenvalue weighted by Gasteiger charge is 2.11. The molecule has 0 aliphatic carbocycles. The maximum atomic E-state index is 11.9. The first kappa shape index (κ1) is 10.5. The van der Waals surface area contributed by atoms with Crippen molar-refractivity contribution in [2.75, 3.05) is 5.32 Å². The second-order valence-corrected chi connectivity index (χ2v) is 3.86. The van der Waals surface area contributed by atoms with Gasteiger partial charge in [-0.3, -0.25) is 4.79 Å². The van der Waals surface area contributed by atoms with Crippen molar-refractivity contribution < 1.29 is 9.32 Å². The Morgan fingerprint density at radius 2 is 1.89 bits per heavy atom. The van der Waals surface area contributed by atoms with Crippen LogP contribution in [0.1, 0.15) is 10.6 Å². The molecule has 3 aromatic rings. The summed E-state index contributed by atoms with van der Waals surface area (Å²) >= 11 is 0. The molecule has 1 N–H and O–H groups in total. The third kappa shape index (κ3) is 1.84. The molecule has 18 heavy (non-hydrogen) atoms. The summed E-state index contributed by atoms with van der Waals surface area (Å²) in [4.78, 5) is 11.9. The smallest absolute Gasteiger partial charge is 0.294 e. The van der Waals surface area contributed by atoms with E-state index >= 15 is 0 Å². The van der Waals surface area contributed by atoms with Crippen molar-refractivity contribution in [3.05, 3.63) is 60.5 Å². The highest BCUT2D eigenvalue weighted by atomic mass is 16.5. The lowest BCUT2D eigenvalue weighted by atomic mass is 10.1. The number of aromatic nitrogens is 1. The SMILES string of the molecule is O=C(Nc1cccc2ccccc12)c1ccno1. The molecule has 0 unspecified atom stereocenters. The maximum Gasteiger partial charge on any atom is 0.294 e. The third-order valence-electron chi connectivity index (χ3n) is 2.70. The highest BCUT2D eigenvalue weighted by molar-refractivity contribution is 6.07. The fraction of sp³-hybridized carbons (Fsp3) is 0. The minimum absolute atomic E-state index is 0.197. The summed E-state index contributed by atoms with van der Waals surface area (Å²) in [6.45, 7) is 0. The first-order valence-corrected chi connectivity index (χ1v) is 5.54. The van der Waals surface area contributed by atoms with Crippen LogP contribution in [0.25, 0.3) is 10.8 Å². The van der Waals surface area contributed by atoms with Gasteiger partial charge in [0, 0.05) is 17.1 Å². The van der Waals surface area contributed by atoms with Gasteiger partial charge in [0.05, 0.1) is 6.20 Å². The lowest BCUT2D eigenvalue weighted by Gasteiger charge is -2.06. The van der Waals surface area contributed by atoms with E-state index in [0.29, 0.717) is 0 Å². The molecule has 0 saturated carbocycles. The summed E-state index contributed by atoms with van der Waals surface area (Å²) < 4.78 is 4.82. The number of nitrogens with zero attached hydrogens (tertiary/aromatic N) is 1. The maximum absolute atomic E-state index is 11.9. The molecular weight excluding hydrogens is 228 g/mol. The first-order chi connectivity index (χ1) is 8.84. The lowest BCUT2D eigenvalue weighted by molar-refractivity contribution is 0.0988. The van der Waals surface area contributed by atoms with E-state index in [2.05, 4.69) is 10.5 Å². The van der Waals surface area contributed by atoms with Crippen molar-refractivity contribution in [3.63, 3.8) is 0 Å². The summed E-state index contributed by atoms with van der Waals surface area (Å²) in [5.74, 6) is -0.105. The largest absolute Gasteiger partial charge is 0.351 e. The Morgan fingerprint density at radius 1 is 1.06 bits per heavy atom. The minimum Gasteiger partial charge on any atom is -0.351 e. The zero-order valence-electron chi connectivity index (χ0n) is 9.46. The van der Waals surface area contributed by atoms with Crippen LogP contribution >= 0.6 is 0 Å². The van der Waals surface area contributed by atoms with Crippen LogP contribution < -0.4 is 5.32 Å². The summed E-state index contributed by atoms with van der Waals surface area (Å²) in [5.41, 5.74) is 0.759. The average molecular weight is 238 g/mol. The Kier molecular flexibility index (Phi) is 2.53. The van der Waals surface area contributed by atoms with Gasteiger partial charge in [-0.25, -0.2) is 0 Å². The third-order valence-corrected chi connectivity index (χ3v) is 2.70. The number of fused-ring (bicyclic) bond motifs is 1. The number of rotatable bonds is 2. The Bertz CT molecular complexity index is 685. The van der Waals surface area contributed by atoms with Gasteiger partial charge in [0.25, 0.3) is 5.91 Å². The van der Waals surface area contributed by atoms with Crippen molar-refractivity contribution in [2.24, 2.45) is 0 Å². The molecule has 0 radical (unpaired) electrons. The van der Waals surface area contributed by atoms with Crippen molar-refractivity contribution in [1.29, 1.82) is 0 Å². The standard InChI is InChI=1S/C14H10N2O2/c17-14(13-8-9-15-18-13)16-12-7-3-5-10-4-1-2-6-11(10)12/h1-9H,(H,16,17). The molecule has 1 aromatic heterocycles. The van der Waals surface area contributed by atoms with Crippen molar-refractivity contribution in [3.8, 4) is 0 Å². The molecule has 88 valence electrons. The van der Waals surface area contributed by atoms with Gasteiger partial charge >= 0.3 is 0 Å². The van der Waals surface area contributed by atoms with E-state index in [1.54, 1.807) is 0 Å². The van der Waals surface area contributed by atoms with Crippen LogP contribution in [0.2, 0.25) is 0 Å². The number of amides is 1. The van der Waals surface area contributed by atoms with Crippen molar-refractivity contribution >= 4 is 22.4 Å². The predicted molar refractivity (Wildman–Crippen MR) is 68.4 cm³/mol. The van der Waals surface area contributed by atoms with E-state index in [9.17, 15) is 4.79 Å².